The minimum absolute atomic E-state index is 0.298. The average molecular weight is 309 g/mol. The Morgan fingerprint density at radius 1 is 1.43 bits per heavy atom. The van der Waals surface area contributed by atoms with Crippen LogP contribution in [0.15, 0.2) is 24.3 Å². The molecule has 7 heteroatoms. The highest BCUT2D eigenvalue weighted by Gasteiger charge is 2.27. The van der Waals surface area contributed by atoms with Crippen LogP contribution in [-0.2, 0) is 9.53 Å². The molecule has 21 heavy (non-hydrogen) atoms. The third-order valence-corrected chi connectivity index (χ3v) is 3.58. The number of rotatable bonds is 6. The van der Waals surface area contributed by atoms with E-state index in [1.165, 1.54) is 0 Å². The molecule has 4 N–H and O–H groups in total. The summed E-state index contributed by atoms with van der Waals surface area (Å²) in [5.41, 5.74) is 11.7. The first-order valence-corrected chi connectivity index (χ1v) is 7.13. The van der Waals surface area contributed by atoms with Gasteiger partial charge in [-0.25, -0.2) is 0 Å². The smallest absolute Gasteiger partial charge is 0.237 e. The van der Waals surface area contributed by atoms with Crippen LogP contribution in [0.3, 0.4) is 0 Å². The molecule has 0 radical (unpaired) electrons. The van der Waals surface area contributed by atoms with Crippen molar-refractivity contribution >= 4 is 23.1 Å². The van der Waals surface area contributed by atoms with Gasteiger partial charge in [0.05, 0.1) is 18.8 Å². The lowest BCUT2D eigenvalue weighted by Gasteiger charge is -2.33. The fourth-order valence-electron chi connectivity index (χ4n) is 2.24. The molecule has 114 valence electrons. The third kappa shape index (κ3) is 4.13. The summed E-state index contributed by atoms with van der Waals surface area (Å²) < 4.78 is 11.0. The molecule has 1 unspecified atom stereocenters. The molecule has 1 aromatic carbocycles. The van der Waals surface area contributed by atoms with E-state index in [9.17, 15) is 4.79 Å². The van der Waals surface area contributed by atoms with Crippen molar-refractivity contribution in [1.29, 1.82) is 0 Å². The molecular weight excluding hydrogens is 290 g/mol. The Labute approximate surface area is 129 Å². The number of carbonyl (C=O) groups is 1. The van der Waals surface area contributed by atoms with Crippen LogP contribution in [0.25, 0.3) is 0 Å². The molecule has 0 aromatic heterocycles. The minimum Gasteiger partial charge on any atom is -0.492 e. The Morgan fingerprint density at radius 3 is 2.90 bits per heavy atom. The SMILES string of the molecule is NC(=O)C1COCCN1CCOc1ccccc1C(N)=S. The van der Waals surface area contributed by atoms with Crippen molar-refractivity contribution < 1.29 is 14.3 Å². The molecule has 0 saturated carbocycles. The quantitative estimate of drug-likeness (QED) is 0.712. The standard InChI is InChI=1S/C14H19N3O3S/c15-13(18)11-9-19-7-5-17(11)6-8-20-12-4-2-1-3-10(12)14(16)21/h1-4,11H,5-9H2,(H2,15,18)(H2,16,21). The highest BCUT2D eigenvalue weighted by molar-refractivity contribution is 7.80. The molecule has 1 saturated heterocycles. The van der Waals surface area contributed by atoms with Crippen molar-refractivity contribution in [2.75, 3.05) is 32.9 Å². The summed E-state index contributed by atoms with van der Waals surface area (Å²) in [6.45, 7) is 2.59. The number of carbonyl (C=O) groups excluding carboxylic acids is 1. The summed E-state index contributed by atoms with van der Waals surface area (Å²) >= 11 is 4.99. The second-order valence-electron chi connectivity index (χ2n) is 4.74. The molecule has 1 aromatic rings. The molecule has 6 nitrogen and oxygen atoms in total. The number of thiocarbonyl (C=S) groups is 1. The van der Waals surface area contributed by atoms with Gasteiger partial charge in [-0.05, 0) is 12.1 Å². The fourth-order valence-corrected chi connectivity index (χ4v) is 2.41. The van der Waals surface area contributed by atoms with Crippen LogP contribution in [0.1, 0.15) is 5.56 Å². The first-order chi connectivity index (χ1) is 10.1. The average Bonchev–Trinajstić information content (AvgIpc) is 2.48. The maximum atomic E-state index is 11.4. The minimum atomic E-state index is -0.395. The van der Waals surface area contributed by atoms with Gasteiger partial charge in [0.1, 0.15) is 23.4 Å². The number of morpholine rings is 1. The lowest BCUT2D eigenvalue weighted by atomic mass is 10.2. The molecule has 0 aliphatic carbocycles. The van der Waals surface area contributed by atoms with Crippen LogP contribution in [0.2, 0.25) is 0 Å². The molecule has 1 aliphatic heterocycles. The predicted molar refractivity (Wildman–Crippen MR) is 83.2 cm³/mol. The molecule has 1 amide bonds. The van der Waals surface area contributed by atoms with Gasteiger partial charge in [0.25, 0.3) is 0 Å². The molecule has 1 atom stereocenters. The second-order valence-corrected chi connectivity index (χ2v) is 5.18. The highest BCUT2D eigenvalue weighted by atomic mass is 32.1. The number of amides is 1. The van der Waals surface area contributed by atoms with Crippen molar-refractivity contribution in [3.05, 3.63) is 29.8 Å². The Kier molecular flexibility index (Phi) is 5.49. The van der Waals surface area contributed by atoms with Gasteiger partial charge < -0.3 is 20.9 Å². The van der Waals surface area contributed by atoms with E-state index >= 15 is 0 Å². The molecule has 1 heterocycles. The zero-order valence-electron chi connectivity index (χ0n) is 11.7. The molecule has 1 fully saturated rings. The van der Waals surface area contributed by atoms with Crippen LogP contribution in [-0.4, -0.2) is 54.7 Å². The van der Waals surface area contributed by atoms with Gasteiger partial charge in [-0.1, -0.05) is 24.4 Å². The number of ether oxygens (including phenoxy) is 2. The van der Waals surface area contributed by atoms with Crippen LogP contribution in [0.4, 0.5) is 0 Å². The monoisotopic (exact) mass is 309 g/mol. The molecule has 0 bridgehead atoms. The van der Waals surface area contributed by atoms with E-state index in [1.807, 2.05) is 29.2 Å². The fraction of sp³-hybridized carbons (Fsp3) is 0.429. The van der Waals surface area contributed by atoms with Crippen LogP contribution >= 0.6 is 12.2 Å². The Morgan fingerprint density at radius 2 is 2.19 bits per heavy atom. The normalized spacial score (nSPS) is 19.1. The maximum absolute atomic E-state index is 11.4. The van der Waals surface area contributed by atoms with Crippen LogP contribution < -0.4 is 16.2 Å². The van der Waals surface area contributed by atoms with Crippen molar-refractivity contribution in [2.24, 2.45) is 11.5 Å². The molecule has 1 aliphatic rings. The lowest BCUT2D eigenvalue weighted by molar-refractivity contribution is -0.129. The van der Waals surface area contributed by atoms with Crippen LogP contribution in [0.5, 0.6) is 5.75 Å². The summed E-state index contributed by atoms with van der Waals surface area (Å²) in [6.07, 6.45) is 0. The topological polar surface area (TPSA) is 90.8 Å². The van der Waals surface area contributed by atoms with E-state index in [-0.39, 0.29) is 5.91 Å². The van der Waals surface area contributed by atoms with E-state index < -0.39 is 6.04 Å². The lowest BCUT2D eigenvalue weighted by Crippen LogP contribution is -2.53. The number of hydrogen-bond acceptors (Lipinski definition) is 5. The first kappa shape index (κ1) is 15.7. The van der Waals surface area contributed by atoms with Gasteiger partial charge in [0.15, 0.2) is 0 Å². The van der Waals surface area contributed by atoms with E-state index in [1.54, 1.807) is 0 Å². The zero-order valence-corrected chi connectivity index (χ0v) is 12.5. The molecule has 2 rings (SSSR count). The number of nitrogens with zero attached hydrogens (tertiary/aromatic N) is 1. The van der Waals surface area contributed by atoms with Crippen molar-refractivity contribution in [2.45, 2.75) is 6.04 Å². The van der Waals surface area contributed by atoms with E-state index in [4.69, 9.17) is 33.2 Å². The summed E-state index contributed by atoms with van der Waals surface area (Å²) in [5.74, 6) is 0.270. The van der Waals surface area contributed by atoms with Gasteiger partial charge in [-0.2, -0.15) is 0 Å². The summed E-state index contributed by atoms with van der Waals surface area (Å²) in [5, 5.41) is 0. The van der Waals surface area contributed by atoms with Crippen LogP contribution in [0, 0.1) is 0 Å². The number of hydrogen-bond donors (Lipinski definition) is 2. The van der Waals surface area contributed by atoms with Crippen molar-refractivity contribution in [1.82, 2.24) is 4.90 Å². The van der Waals surface area contributed by atoms with Gasteiger partial charge in [0.2, 0.25) is 5.91 Å². The summed E-state index contributed by atoms with van der Waals surface area (Å²) in [4.78, 5) is 13.6. The molecular formula is C14H19N3O3S. The van der Waals surface area contributed by atoms with E-state index in [0.29, 0.717) is 49.2 Å². The first-order valence-electron chi connectivity index (χ1n) is 6.72. The van der Waals surface area contributed by atoms with Gasteiger partial charge >= 0.3 is 0 Å². The van der Waals surface area contributed by atoms with Gasteiger partial charge in [0, 0.05) is 13.1 Å². The maximum Gasteiger partial charge on any atom is 0.237 e. The largest absolute Gasteiger partial charge is 0.492 e. The Balaban J connectivity index is 1.92. The van der Waals surface area contributed by atoms with E-state index in [2.05, 4.69) is 0 Å². The third-order valence-electron chi connectivity index (χ3n) is 3.36. The Bertz CT molecular complexity index is 524. The van der Waals surface area contributed by atoms with Crippen molar-refractivity contribution in [3.63, 3.8) is 0 Å². The highest BCUT2D eigenvalue weighted by Crippen LogP contribution is 2.17. The predicted octanol–water partition coefficient (Wildman–Crippen LogP) is -0.114. The van der Waals surface area contributed by atoms with E-state index in [0.717, 1.165) is 0 Å². The molecule has 0 spiro atoms. The number of nitrogens with two attached hydrogens (primary N) is 2. The summed E-state index contributed by atoms with van der Waals surface area (Å²) in [7, 11) is 0. The summed E-state index contributed by atoms with van der Waals surface area (Å²) in [6, 6.07) is 6.95. The second kappa shape index (κ2) is 7.35. The Hall–Kier alpha value is -1.70. The van der Waals surface area contributed by atoms with Gasteiger partial charge in [-0.3, -0.25) is 9.69 Å². The number of para-hydroxylation sites is 1. The van der Waals surface area contributed by atoms with Gasteiger partial charge in [-0.15, -0.1) is 0 Å². The zero-order chi connectivity index (χ0) is 15.2. The number of benzene rings is 1. The number of primary amides is 1. The van der Waals surface area contributed by atoms with Crippen molar-refractivity contribution in [3.8, 4) is 5.75 Å².